The number of ether oxygens (including phenoxy) is 1. The Bertz CT molecular complexity index is 983. The van der Waals surface area contributed by atoms with E-state index in [1.54, 1.807) is 24.1 Å². The summed E-state index contributed by atoms with van der Waals surface area (Å²) in [5.74, 6) is 0.429. The average molecular weight is 396 g/mol. The van der Waals surface area contributed by atoms with Gasteiger partial charge in [-0.2, -0.15) is 5.10 Å². The molecule has 4 rings (SSSR count). The number of nitrogens with zero attached hydrogens (tertiary/aromatic N) is 3. The van der Waals surface area contributed by atoms with Crippen LogP contribution in [0.5, 0.6) is 5.75 Å². The predicted molar refractivity (Wildman–Crippen MR) is 107 cm³/mol. The standard InChI is InChI=1S/C21H24N4O4/c1-29-17-4-2-3-16(12-17)24-13-15(11-20(24)27)21(28)22-9-10-25-19(26)8-7-18(23-25)14-5-6-14/h2-4,7-8,12,14-15H,5-6,9-11,13H2,1H3,(H,22,28). The lowest BCUT2D eigenvalue weighted by atomic mass is 10.1. The number of carbonyl (C=O) groups excluding carboxylic acids is 2. The van der Waals surface area contributed by atoms with Gasteiger partial charge >= 0.3 is 0 Å². The monoisotopic (exact) mass is 396 g/mol. The SMILES string of the molecule is COc1cccc(N2CC(C(=O)NCCn3nc(C4CC4)ccc3=O)CC2=O)c1. The first-order valence-electron chi connectivity index (χ1n) is 9.85. The van der Waals surface area contributed by atoms with Gasteiger partial charge in [0.05, 0.1) is 25.3 Å². The maximum Gasteiger partial charge on any atom is 0.266 e. The van der Waals surface area contributed by atoms with E-state index in [1.165, 1.54) is 10.7 Å². The quantitative estimate of drug-likeness (QED) is 0.761. The topological polar surface area (TPSA) is 93.5 Å². The molecule has 1 atom stereocenters. The van der Waals surface area contributed by atoms with Crippen molar-refractivity contribution >= 4 is 17.5 Å². The molecule has 0 radical (unpaired) electrons. The summed E-state index contributed by atoms with van der Waals surface area (Å²) < 4.78 is 6.60. The summed E-state index contributed by atoms with van der Waals surface area (Å²) in [4.78, 5) is 38.5. The van der Waals surface area contributed by atoms with Crippen molar-refractivity contribution < 1.29 is 14.3 Å². The Balaban J connectivity index is 1.33. The van der Waals surface area contributed by atoms with Gasteiger partial charge in [-0.15, -0.1) is 0 Å². The van der Waals surface area contributed by atoms with Crippen LogP contribution in [0.25, 0.3) is 0 Å². The van der Waals surface area contributed by atoms with Crippen LogP contribution in [0.3, 0.4) is 0 Å². The molecule has 1 aromatic carbocycles. The fourth-order valence-corrected chi connectivity index (χ4v) is 3.56. The molecule has 1 N–H and O–H groups in total. The molecule has 2 amide bonds. The molecule has 2 fully saturated rings. The summed E-state index contributed by atoms with van der Waals surface area (Å²) in [5.41, 5.74) is 1.48. The van der Waals surface area contributed by atoms with E-state index >= 15 is 0 Å². The fraction of sp³-hybridized carbons (Fsp3) is 0.429. The number of hydrogen-bond donors (Lipinski definition) is 1. The van der Waals surface area contributed by atoms with E-state index in [9.17, 15) is 14.4 Å². The minimum Gasteiger partial charge on any atom is -0.497 e. The van der Waals surface area contributed by atoms with Gasteiger partial charge in [-0.05, 0) is 31.0 Å². The van der Waals surface area contributed by atoms with Crippen LogP contribution >= 0.6 is 0 Å². The molecule has 0 spiro atoms. The van der Waals surface area contributed by atoms with Crippen LogP contribution in [-0.4, -0.2) is 41.8 Å². The molecule has 1 aliphatic heterocycles. The molecule has 1 saturated carbocycles. The van der Waals surface area contributed by atoms with Crippen molar-refractivity contribution in [2.24, 2.45) is 5.92 Å². The number of nitrogens with one attached hydrogen (secondary N) is 1. The van der Waals surface area contributed by atoms with Crippen LogP contribution in [0, 0.1) is 5.92 Å². The van der Waals surface area contributed by atoms with Crippen molar-refractivity contribution in [2.45, 2.75) is 31.7 Å². The number of aromatic nitrogens is 2. The Morgan fingerprint density at radius 1 is 1.24 bits per heavy atom. The summed E-state index contributed by atoms with van der Waals surface area (Å²) in [5, 5.41) is 7.22. The van der Waals surface area contributed by atoms with Gasteiger partial charge in [-0.3, -0.25) is 14.4 Å². The molecule has 8 nitrogen and oxygen atoms in total. The van der Waals surface area contributed by atoms with Gasteiger partial charge < -0.3 is 15.0 Å². The van der Waals surface area contributed by atoms with Crippen LogP contribution < -0.4 is 20.5 Å². The minimum absolute atomic E-state index is 0.0894. The van der Waals surface area contributed by atoms with Gasteiger partial charge in [0, 0.05) is 43.2 Å². The molecule has 2 aliphatic rings. The zero-order valence-electron chi connectivity index (χ0n) is 16.3. The van der Waals surface area contributed by atoms with Crippen LogP contribution in [0.15, 0.2) is 41.2 Å². The number of rotatable bonds is 7. The van der Waals surface area contributed by atoms with E-state index < -0.39 is 5.92 Å². The van der Waals surface area contributed by atoms with Crippen molar-refractivity contribution in [1.82, 2.24) is 15.1 Å². The number of methoxy groups -OCH3 is 1. The van der Waals surface area contributed by atoms with Gasteiger partial charge in [-0.1, -0.05) is 6.07 Å². The van der Waals surface area contributed by atoms with Crippen molar-refractivity contribution in [2.75, 3.05) is 25.1 Å². The van der Waals surface area contributed by atoms with Gasteiger partial charge in [0.2, 0.25) is 11.8 Å². The van der Waals surface area contributed by atoms with E-state index in [4.69, 9.17) is 4.74 Å². The normalized spacial score (nSPS) is 18.7. The van der Waals surface area contributed by atoms with E-state index in [1.807, 2.05) is 18.2 Å². The second kappa shape index (κ2) is 8.06. The number of carbonyl (C=O) groups is 2. The van der Waals surface area contributed by atoms with Gasteiger partial charge in [0.25, 0.3) is 5.56 Å². The first-order valence-corrected chi connectivity index (χ1v) is 9.85. The molecule has 8 heteroatoms. The maximum absolute atomic E-state index is 12.5. The van der Waals surface area contributed by atoms with Crippen LogP contribution in [0.4, 0.5) is 5.69 Å². The molecule has 1 aromatic heterocycles. The first kappa shape index (κ1) is 19.2. The first-order chi connectivity index (χ1) is 14.0. The fourth-order valence-electron chi connectivity index (χ4n) is 3.56. The Hall–Kier alpha value is -3.16. The Morgan fingerprint density at radius 3 is 2.83 bits per heavy atom. The van der Waals surface area contributed by atoms with Gasteiger partial charge in [0.15, 0.2) is 0 Å². The maximum atomic E-state index is 12.5. The molecule has 2 heterocycles. The lowest BCUT2D eigenvalue weighted by molar-refractivity contribution is -0.126. The molecule has 2 aromatic rings. The smallest absolute Gasteiger partial charge is 0.266 e. The summed E-state index contributed by atoms with van der Waals surface area (Å²) in [6.07, 6.45) is 2.39. The zero-order chi connectivity index (χ0) is 20.4. The molecule has 1 unspecified atom stereocenters. The second-order valence-electron chi connectivity index (χ2n) is 7.49. The van der Waals surface area contributed by atoms with Crippen molar-refractivity contribution in [3.63, 3.8) is 0 Å². The average Bonchev–Trinajstić information content (AvgIpc) is 3.51. The Labute approximate surface area is 168 Å². The molecule has 0 bridgehead atoms. The van der Waals surface area contributed by atoms with Crippen molar-refractivity contribution in [3.05, 3.63) is 52.4 Å². The molecule has 1 saturated heterocycles. The molecule has 1 aliphatic carbocycles. The third-order valence-electron chi connectivity index (χ3n) is 5.37. The highest BCUT2D eigenvalue weighted by Gasteiger charge is 2.35. The summed E-state index contributed by atoms with van der Waals surface area (Å²) in [6.45, 7) is 0.933. The predicted octanol–water partition coefficient (Wildman–Crippen LogP) is 1.30. The lowest BCUT2D eigenvalue weighted by Crippen LogP contribution is -2.36. The second-order valence-corrected chi connectivity index (χ2v) is 7.49. The van der Waals surface area contributed by atoms with E-state index in [0.29, 0.717) is 31.3 Å². The minimum atomic E-state index is -0.420. The number of amides is 2. The van der Waals surface area contributed by atoms with Gasteiger partial charge in [-0.25, -0.2) is 4.68 Å². The molecular formula is C21H24N4O4. The third-order valence-corrected chi connectivity index (χ3v) is 5.37. The van der Waals surface area contributed by atoms with Crippen LogP contribution in [0.1, 0.15) is 30.9 Å². The largest absolute Gasteiger partial charge is 0.497 e. The summed E-state index contributed by atoms with van der Waals surface area (Å²) in [7, 11) is 1.57. The molecule has 152 valence electrons. The summed E-state index contributed by atoms with van der Waals surface area (Å²) in [6, 6.07) is 10.5. The number of benzene rings is 1. The molecule has 29 heavy (non-hydrogen) atoms. The lowest BCUT2D eigenvalue weighted by Gasteiger charge is -2.17. The molecular weight excluding hydrogens is 372 g/mol. The van der Waals surface area contributed by atoms with Crippen molar-refractivity contribution in [1.29, 1.82) is 0 Å². The van der Waals surface area contributed by atoms with Crippen molar-refractivity contribution in [3.8, 4) is 5.75 Å². The number of hydrogen-bond acceptors (Lipinski definition) is 5. The zero-order valence-corrected chi connectivity index (χ0v) is 16.3. The van der Waals surface area contributed by atoms with E-state index in [2.05, 4.69) is 10.4 Å². The summed E-state index contributed by atoms with van der Waals surface area (Å²) >= 11 is 0. The van der Waals surface area contributed by atoms with Crippen LogP contribution in [-0.2, 0) is 16.1 Å². The highest BCUT2D eigenvalue weighted by Crippen LogP contribution is 2.38. The van der Waals surface area contributed by atoms with Crippen LogP contribution in [0.2, 0.25) is 0 Å². The highest BCUT2D eigenvalue weighted by atomic mass is 16.5. The highest BCUT2D eigenvalue weighted by molar-refractivity contribution is 6.00. The Morgan fingerprint density at radius 2 is 2.07 bits per heavy atom. The number of anilines is 1. The third kappa shape index (κ3) is 4.31. The Kier molecular flexibility index (Phi) is 5.33. The van der Waals surface area contributed by atoms with Gasteiger partial charge in [0.1, 0.15) is 5.75 Å². The van der Waals surface area contributed by atoms with E-state index in [-0.39, 0.29) is 23.8 Å². The van der Waals surface area contributed by atoms with E-state index in [0.717, 1.165) is 24.2 Å².